The maximum absolute atomic E-state index is 17.0. The second-order valence-electron chi connectivity index (χ2n) is 10.4. The molecule has 0 heterocycles. The first-order chi connectivity index (χ1) is 14.6. The summed E-state index contributed by atoms with van der Waals surface area (Å²) in [5.41, 5.74) is -5.88. The van der Waals surface area contributed by atoms with Crippen molar-refractivity contribution in [2.75, 3.05) is 6.61 Å². The first-order valence-electron chi connectivity index (χ1n) is 10.9. The molecule has 0 aromatic heterocycles. The minimum absolute atomic E-state index is 0.211. The highest BCUT2D eigenvalue weighted by atomic mass is 31.2. The topological polar surface area (TPSA) is 141 Å². The number of phosphoric ester groups is 1. The van der Waals surface area contributed by atoms with Gasteiger partial charge in [0.15, 0.2) is 17.2 Å². The van der Waals surface area contributed by atoms with Gasteiger partial charge in [0, 0.05) is 16.7 Å². The summed E-state index contributed by atoms with van der Waals surface area (Å²) >= 11 is 0. The Hall–Kier alpha value is -1.22. The van der Waals surface area contributed by atoms with E-state index >= 15 is 4.39 Å². The second-order valence-corrected chi connectivity index (χ2v) is 11.6. The van der Waals surface area contributed by atoms with Gasteiger partial charge in [-0.2, -0.15) is 0 Å². The molecular weight excluding hydrogens is 442 g/mol. The number of aliphatic hydroxyl groups is 2. The van der Waals surface area contributed by atoms with Crippen molar-refractivity contribution in [2.24, 2.45) is 28.6 Å². The maximum atomic E-state index is 17.0. The molecule has 0 saturated heterocycles. The van der Waals surface area contributed by atoms with Gasteiger partial charge in [0.1, 0.15) is 12.2 Å². The average Bonchev–Trinajstić information content (AvgIpc) is 2.89. The zero-order chi connectivity index (χ0) is 23.9. The van der Waals surface area contributed by atoms with Crippen LogP contribution in [0.4, 0.5) is 4.39 Å². The van der Waals surface area contributed by atoms with Crippen LogP contribution in [0.15, 0.2) is 23.8 Å². The van der Waals surface area contributed by atoms with E-state index in [1.807, 2.05) is 0 Å². The Labute approximate surface area is 185 Å². The molecule has 178 valence electrons. The second kappa shape index (κ2) is 7.14. The first kappa shape index (κ1) is 23.9. The Bertz CT molecular complexity index is 973. The monoisotopic (exact) mass is 472 g/mol. The Morgan fingerprint density at radius 2 is 1.97 bits per heavy atom. The number of fused-ring (bicyclic) bond motifs is 5. The van der Waals surface area contributed by atoms with Crippen LogP contribution in [0.1, 0.15) is 46.5 Å². The summed E-state index contributed by atoms with van der Waals surface area (Å²) in [5, 5.41) is 22.8. The van der Waals surface area contributed by atoms with Gasteiger partial charge in [-0.25, -0.2) is 8.96 Å². The lowest BCUT2D eigenvalue weighted by Gasteiger charge is -2.62. The van der Waals surface area contributed by atoms with Crippen molar-refractivity contribution < 1.29 is 43.1 Å². The first-order valence-corrected chi connectivity index (χ1v) is 12.4. The van der Waals surface area contributed by atoms with E-state index in [9.17, 15) is 24.4 Å². The van der Waals surface area contributed by atoms with Gasteiger partial charge in [-0.05, 0) is 56.6 Å². The van der Waals surface area contributed by atoms with E-state index in [-0.39, 0.29) is 12.2 Å². The van der Waals surface area contributed by atoms with E-state index in [0.717, 1.165) is 0 Å². The Morgan fingerprint density at radius 1 is 1.31 bits per heavy atom. The van der Waals surface area contributed by atoms with E-state index in [0.29, 0.717) is 24.8 Å². The standard InChI is InChI=1S/C22H30FO8P/c1-12-8-16-15-5-4-13-9-14(24)6-7-19(13,2)21(15,23)17(25)10-20(16,3)22(12,27)18(26)11-31-32(28,29)30/h6-7,9,12,15-17,25,27H,4-5,8,10-11H2,1-3H3,(H2,28,29,30)/t12-,15+,16-,17-,19+,20-,21+,22+/m1/s1. The van der Waals surface area contributed by atoms with Gasteiger partial charge in [0.25, 0.3) is 0 Å². The minimum atomic E-state index is -4.93. The molecular formula is C22H30FO8P. The van der Waals surface area contributed by atoms with Gasteiger partial charge in [-0.15, -0.1) is 0 Å². The van der Waals surface area contributed by atoms with E-state index in [1.165, 1.54) is 18.2 Å². The number of halogens is 1. The van der Waals surface area contributed by atoms with Crippen molar-refractivity contribution in [3.63, 3.8) is 0 Å². The fraction of sp³-hybridized carbons (Fsp3) is 0.727. The normalized spacial score (nSPS) is 48.0. The van der Waals surface area contributed by atoms with Crippen LogP contribution in [0.25, 0.3) is 0 Å². The molecule has 8 nitrogen and oxygen atoms in total. The molecule has 0 aromatic rings. The lowest BCUT2D eigenvalue weighted by Crippen LogP contribution is -2.69. The number of hydrogen-bond donors (Lipinski definition) is 4. The van der Waals surface area contributed by atoms with E-state index in [1.54, 1.807) is 20.8 Å². The fourth-order valence-corrected chi connectivity index (χ4v) is 7.68. The van der Waals surface area contributed by atoms with Crippen LogP contribution in [-0.2, 0) is 18.7 Å². The zero-order valence-electron chi connectivity index (χ0n) is 18.3. The van der Waals surface area contributed by atoms with Gasteiger partial charge < -0.3 is 20.0 Å². The van der Waals surface area contributed by atoms with Crippen LogP contribution in [0, 0.1) is 28.6 Å². The molecule has 4 rings (SSSR count). The smallest absolute Gasteiger partial charge is 0.390 e. The van der Waals surface area contributed by atoms with Crippen LogP contribution in [0.3, 0.4) is 0 Å². The number of Topliss-reactive ketones (excluding diaryl/α,β-unsaturated/α-hetero) is 1. The number of hydrogen-bond acceptors (Lipinski definition) is 6. The van der Waals surface area contributed by atoms with E-state index < -0.39 is 66.2 Å². The highest BCUT2D eigenvalue weighted by Crippen LogP contribution is 2.70. The lowest BCUT2D eigenvalue weighted by atomic mass is 9.44. The van der Waals surface area contributed by atoms with Crippen molar-refractivity contribution in [3.05, 3.63) is 23.8 Å². The van der Waals surface area contributed by atoms with Crippen LogP contribution < -0.4 is 0 Å². The number of carbonyl (C=O) groups is 2. The summed E-state index contributed by atoms with van der Waals surface area (Å²) in [4.78, 5) is 42.8. The molecule has 3 saturated carbocycles. The molecule has 4 aliphatic carbocycles. The Balaban J connectivity index is 1.74. The lowest BCUT2D eigenvalue weighted by molar-refractivity contribution is -0.219. The van der Waals surface area contributed by atoms with Gasteiger partial charge in [-0.3, -0.25) is 14.1 Å². The molecule has 32 heavy (non-hydrogen) atoms. The van der Waals surface area contributed by atoms with Crippen LogP contribution in [-0.4, -0.2) is 55.5 Å². The largest absolute Gasteiger partial charge is 0.470 e. The average molecular weight is 472 g/mol. The Morgan fingerprint density at radius 3 is 2.59 bits per heavy atom. The number of phosphoric acid groups is 1. The molecule has 0 spiro atoms. The van der Waals surface area contributed by atoms with Crippen molar-refractivity contribution in [3.8, 4) is 0 Å². The van der Waals surface area contributed by atoms with Crippen molar-refractivity contribution in [2.45, 2.75) is 63.8 Å². The summed E-state index contributed by atoms with van der Waals surface area (Å²) in [6.07, 6.45) is 3.70. The van der Waals surface area contributed by atoms with Crippen molar-refractivity contribution >= 4 is 19.4 Å². The predicted molar refractivity (Wildman–Crippen MR) is 111 cm³/mol. The van der Waals surface area contributed by atoms with Crippen LogP contribution >= 0.6 is 7.82 Å². The molecule has 0 amide bonds. The molecule has 0 aromatic carbocycles. The Kier molecular flexibility index (Phi) is 5.34. The number of rotatable bonds is 4. The third kappa shape index (κ3) is 2.95. The van der Waals surface area contributed by atoms with Crippen LogP contribution in [0.5, 0.6) is 0 Å². The quantitative estimate of drug-likeness (QED) is 0.456. The molecule has 3 fully saturated rings. The highest BCUT2D eigenvalue weighted by Gasteiger charge is 2.75. The summed E-state index contributed by atoms with van der Waals surface area (Å²) in [7, 11) is -4.93. The fourth-order valence-electron chi connectivity index (χ4n) is 7.39. The molecule has 0 bridgehead atoms. The SMILES string of the molecule is C[C@@H]1C[C@@H]2[C@@H]3CCC4=CC(=O)C=C[C@]4(C)[C@@]3(F)[C@H](O)C[C@@]2(C)[C@@]1(O)C(=O)COP(=O)(O)O. The number of allylic oxidation sites excluding steroid dienone is 4. The third-order valence-electron chi connectivity index (χ3n) is 9.01. The predicted octanol–water partition coefficient (Wildman–Crippen LogP) is 2.01. The maximum Gasteiger partial charge on any atom is 0.470 e. The van der Waals surface area contributed by atoms with Gasteiger partial charge in [0.05, 0.1) is 6.10 Å². The summed E-state index contributed by atoms with van der Waals surface area (Å²) in [5.74, 6) is -2.87. The molecule has 0 aliphatic heterocycles. The third-order valence-corrected chi connectivity index (χ3v) is 9.48. The molecule has 0 radical (unpaired) electrons. The molecule has 4 aliphatic rings. The minimum Gasteiger partial charge on any atom is -0.390 e. The van der Waals surface area contributed by atoms with E-state index in [4.69, 9.17) is 9.79 Å². The number of alkyl halides is 1. The van der Waals surface area contributed by atoms with Crippen LogP contribution in [0.2, 0.25) is 0 Å². The summed E-state index contributed by atoms with van der Waals surface area (Å²) < 4.78 is 32.5. The number of ketones is 2. The number of aliphatic hydroxyl groups excluding tert-OH is 1. The summed E-state index contributed by atoms with van der Waals surface area (Å²) in [6, 6.07) is 0. The van der Waals surface area contributed by atoms with Gasteiger partial charge in [-0.1, -0.05) is 25.5 Å². The van der Waals surface area contributed by atoms with Crippen molar-refractivity contribution in [1.29, 1.82) is 0 Å². The molecule has 4 N–H and O–H groups in total. The van der Waals surface area contributed by atoms with Gasteiger partial charge >= 0.3 is 7.82 Å². The molecule has 10 heteroatoms. The van der Waals surface area contributed by atoms with Crippen molar-refractivity contribution in [1.82, 2.24) is 0 Å². The molecule has 8 atom stereocenters. The zero-order valence-corrected chi connectivity index (χ0v) is 19.2. The highest BCUT2D eigenvalue weighted by molar-refractivity contribution is 7.46. The van der Waals surface area contributed by atoms with E-state index in [2.05, 4.69) is 4.52 Å². The molecule has 0 unspecified atom stereocenters. The van der Waals surface area contributed by atoms with Gasteiger partial charge in [0.2, 0.25) is 0 Å². The number of carbonyl (C=O) groups excluding carboxylic acids is 2. The summed E-state index contributed by atoms with van der Waals surface area (Å²) in [6.45, 7) is 4.00.